The molecule has 0 bridgehead atoms. The molecule has 1 unspecified atom stereocenters. The van der Waals surface area contributed by atoms with Crippen LogP contribution in [0.25, 0.3) is 0 Å². The summed E-state index contributed by atoms with van der Waals surface area (Å²) in [6.45, 7) is 0. The van der Waals surface area contributed by atoms with Crippen LogP contribution in [0, 0.1) is 0 Å². The summed E-state index contributed by atoms with van der Waals surface area (Å²) in [7, 11) is 0. The molecule has 0 spiro atoms. The van der Waals surface area contributed by atoms with E-state index in [1.165, 1.54) is 11.1 Å². The monoisotopic (exact) mass is 244 g/mol. The third-order valence-corrected chi connectivity index (χ3v) is 3.93. The van der Waals surface area contributed by atoms with Crippen LogP contribution in [0.4, 0.5) is 0 Å². The standard InChI is InChI=1S/C13H13As/c14-13(11-7-3-1-4-8-11)12-9-5-2-6-10-12/h1-10,13H,14H2. The first-order valence-corrected chi connectivity index (χ1v) is 6.13. The minimum atomic E-state index is 0.546. The van der Waals surface area contributed by atoms with Crippen LogP contribution in [0.2, 0.25) is 0 Å². The van der Waals surface area contributed by atoms with Crippen molar-refractivity contribution in [2.75, 3.05) is 0 Å². The van der Waals surface area contributed by atoms with Crippen molar-refractivity contribution in [3.05, 3.63) is 71.8 Å². The average molecular weight is 244 g/mol. The SMILES string of the molecule is [AsH2]C(c1ccccc1)c1ccccc1. The van der Waals surface area contributed by atoms with E-state index in [1.807, 2.05) is 0 Å². The Bertz CT molecular complexity index is 341. The maximum absolute atomic E-state index is 2.19. The topological polar surface area (TPSA) is 0 Å². The molecule has 0 nitrogen and oxygen atoms in total. The Morgan fingerprint density at radius 3 is 1.36 bits per heavy atom. The molecule has 0 saturated heterocycles. The van der Waals surface area contributed by atoms with E-state index in [1.54, 1.807) is 16.9 Å². The molecule has 0 aromatic heterocycles. The summed E-state index contributed by atoms with van der Waals surface area (Å²) >= 11 is 1.76. The summed E-state index contributed by atoms with van der Waals surface area (Å²) < 4.78 is 0.546. The van der Waals surface area contributed by atoms with Crippen molar-refractivity contribution in [1.29, 1.82) is 0 Å². The third-order valence-electron chi connectivity index (χ3n) is 2.32. The molecular formula is C13H13As. The molecule has 1 atom stereocenters. The van der Waals surface area contributed by atoms with E-state index < -0.39 is 0 Å². The van der Waals surface area contributed by atoms with E-state index in [4.69, 9.17) is 0 Å². The molecule has 0 aliphatic rings. The third kappa shape index (κ3) is 2.08. The van der Waals surface area contributed by atoms with Crippen molar-refractivity contribution in [3.8, 4) is 0 Å². The van der Waals surface area contributed by atoms with Gasteiger partial charge >= 0.3 is 93.3 Å². The fourth-order valence-corrected chi connectivity index (χ4v) is 2.45. The van der Waals surface area contributed by atoms with Gasteiger partial charge in [-0.3, -0.25) is 0 Å². The number of benzene rings is 2. The first-order chi connectivity index (χ1) is 6.88. The molecule has 0 aliphatic carbocycles. The van der Waals surface area contributed by atoms with Gasteiger partial charge in [-0.05, 0) is 0 Å². The summed E-state index contributed by atoms with van der Waals surface area (Å²) in [6, 6.07) is 21.3. The molecule has 70 valence electrons. The Morgan fingerprint density at radius 1 is 0.643 bits per heavy atom. The fourth-order valence-electron chi connectivity index (χ4n) is 1.51. The Kier molecular flexibility index (Phi) is 3.06. The second-order valence-electron chi connectivity index (χ2n) is 3.30. The van der Waals surface area contributed by atoms with E-state index >= 15 is 0 Å². The normalized spacial score (nSPS) is 10.4. The van der Waals surface area contributed by atoms with Crippen LogP contribution in [0.15, 0.2) is 60.7 Å². The van der Waals surface area contributed by atoms with Crippen molar-refractivity contribution in [1.82, 2.24) is 0 Å². The molecule has 0 aliphatic heterocycles. The second kappa shape index (κ2) is 4.48. The van der Waals surface area contributed by atoms with Gasteiger partial charge in [0.15, 0.2) is 0 Å². The van der Waals surface area contributed by atoms with Crippen LogP contribution < -0.4 is 0 Å². The first-order valence-electron chi connectivity index (χ1n) is 4.73. The molecule has 0 radical (unpaired) electrons. The summed E-state index contributed by atoms with van der Waals surface area (Å²) in [5, 5.41) is 0. The van der Waals surface area contributed by atoms with Crippen LogP contribution >= 0.6 is 0 Å². The van der Waals surface area contributed by atoms with Gasteiger partial charge < -0.3 is 0 Å². The molecule has 0 saturated carbocycles. The Balaban J connectivity index is 2.30. The predicted octanol–water partition coefficient (Wildman–Crippen LogP) is 2.41. The number of rotatable bonds is 2. The molecule has 2 aromatic rings. The van der Waals surface area contributed by atoms with Gasteiger partial charge in [-0.15, -0.1) is 0 Å². The summed E-state index contributed by atoms with van der Waals surface area (Å²) in [4.78, 5) is 0. The average Bonchev–Trinajstić information content (AvgIpc) is 2.30. The van der Waals surface area contributed by atoms with Gasteiger partial charge in [0.25, 0.3) is 0 Å². The van der Waals surface area contributed by atoms with Crippen LogP contribution in [0.1, 0.15) is 15.8 Å². The van der Waals surface area contributed by atoms with E-state index in [0.717, 1.165) is 0 Å². The number of hydrogen-bond donors (Lipinski definition) is 0. The van der Waals surface area contributed by atoms with Crippen molar-refractivity contribution in [2.45, 2.75) is 4.71 Å². The van der Waals surface area contributed by atoms with Crippen LogP contribution in [0.5, 0.6) is 0 Å². The fraction of sp³-hybridized carbons (Fsp3) is 0.0769. The molecule has 0 heterocycles. The van der Waals surface area contributed by atoms with Crippen LogP contribution in [-0.2, 0) is 0 Å². The molecule has 0 amide bonds. The predicted molar refractivity (Wildman–Crippen MR) is 63.3 cm³/mol. The molecule has 0 fully saturated rings. The molecule has 2 rings (SSSR count). The van der Waals surface area contributed by atoms with Gasteiger partial charge in [0.05, 0.1) is 0 Å². The zero-order valence-electron chi connectivity index (χ0n) is 7.93. The van der Waals surface area contributed by atoms with Gasteiger partial charge in [-0.2, -0.15) is 0 Å². The van der Waals surface area contributed by atoms with Gasteiger partial charge in [0.1, 0.15) is 0 Å². The van der Waals surface area contributed by atoms with Crippen molar-refractivity contribution in [3.63, 3.8) is 0 Å². The van der Waals surface area contributed by atoms with Crippen molar-refractivity contribution >= 4 is 16.9 Å². The number of hydrogen-bond acceptors (Lipinski definition) is 0. The van der Waals surface area contributed by atoms with Crippen molar-refractivity contribution < 1.29 is 0 Å². The Hall–Kier alpha value is -1.00. The molecular weight excluding hydrogens is 231 g/mol. The van der Waals surface area contributed by atoms with Gasteiger partial charge in [-0.25, -0.2) is 0 Å². The molecule has 0 N–H and O–H groups in total. The zero-order chi connectivity index (χ0) is 9.80. The van der Waals surface area contributed by atoms with E-state index in [9.17, 15) is 0 Å². The summed E-state index contributed by atoms with van der Waals surface area (Å²) in [6.07, 6.45) is 0. The zero-order valence-corrected chi connectivity index (χ0v) is 10.4. The second-order valence-corrected chi connectivity index (χ2v) is 4.70. The van der Waals surface area contributed by atoms with E-state index in [0.29, 0.717) is 4.71 Å². The summed E-state index contributed by atoms with van der Waals surface area (Å²) in [5.74, 6) is 0. The van der Waals surface area contributed by atoms with Crippen LogP contribution in [0.3, 0.4) is 0 Å². The molecule has 2 aromatic carbocycles. The van der Waals surface area contributed by atoms with E-state index in [-0.39, 0.29) is 0 Å². The minimum absolute atomic E-state index is 0.546. The Morgan fingerprint density at radius 2 is 1.00 bits per heavy atom. The molecule has 14 heavy (non-hydrogen) atoms. The van der Waals surface area contributed by atoms with Gasteiger partial charge in [-0.1, -0.05) is 0 Å². The quantitative estimate of drug-likeness (QED) is 0.712. The van der Waals surface area contributed by atoms with Crippen LogP contribution in [-0.4, -0.2) is 16.9 Å². The van der Waals surface area contributed by atoms with Crippen molar-refractivity contribution in [2.24, 2.45) is 0 Å². The first kappa shape index (κ1) is 9.55. The molecule has 1 heteroatoms. The van der Waals surface area contributed by atoms with Gasteiger partial charge in [0, 0.05) is 0 Å². The Labute approximate surface area is 93.5 Å². The summed E-state index contributed by atoms with van der Waals surface area (Å²) in [5.41, 5.74) is 2.80. The van der Waals surface area contributed by atoms with E-state index in [2.05, 4.69) is 60.7 Å². The maximum atomic E-state index is 2.19. The van der Waals surface area contributed by atoms with Gasteiger partial charge in [0.2, 0.25) is 0 Å².